The van der Waals surface area contributed by atoms with Crippen LogP contribution in [-0.2, 0) is 10.0 Å². The lowest BCUT2D eigenvalue weighted by Crippen LogP contribution is -2.31. The smallest absolute Gasteiger partial charge is 0.246 e. The molecule has 1 aliphatic heterocycles. The Morgan fingerprint density at radius 1 is 1.35 bits per heavy atom. The number of fused-ring (bicyclic) bond motifs is 1. The van der Waals surface area contributed by atoms with Gasteiger partial charge < -0.3 is 9.47 Å². The van der Waals surface area contributed by atoms with Gasteiger partial charge in [-0.15, -0.1) is 11.3 Å². The number of sulfonamides is 1. The van der Waals surface area contributed by atoms with Crippen LogP contribution in [0.4, 0.5) is 0 Å². The minimum Gasteiger partial charge on any atom is -0.486 e. The molecule has 0 saturated heterocycles. The standard InChI is InChI=1S/C15H18N2O4S2/c1-11(15-16-6-9-22-15)10-17(2)23(18,19)13-5-3-4-12-14(13)21-8-7-20-12/h3-6,9,11H,7-8,10H2,1-2H3/t11-/m1/s1. The van der Waals surface area contributed by atoms with E-state index >= 15 is 0 Å². The van der Waals surface area contributed by atoms with E-state index in [1.54, 1.807) is 31.4 Å². The van der Waals surface area contributed by atoms with E-state index in [9.17, 15) is 8.42 Å². The predicted molar refractivity (Wildman–Crippen MR) is 87.8 cm³/mol. The number of hydrogen-bond donors (Lipinski definition) is 0. The van der Waals surface area contributed by atoms with Gasteiger partial charge in [0, 0.05) is 31.1 Å². The molecule has 0 saturated carbocycles. The second-order valence-corrected chi connectivity index (χ2v) is 8.28. The molecule has 1 aromatic carbocycles. The van der Waals surface area contributed by atoms with Crippen LogP contribution < -0.4 is 9.47 Å². The van der Waals surface area contributed by atoms with E-state index < -0.39 is 10.0 Å². The van der Waals surface area contributed by atoms with E-state index in [0.717, 1.165) is 5.01 Å². The SMILES string of the molecule is C[C@H](CN(C)S(=O)(=O)c1cccc2c1OCCO2)c1nccs1. The van der Waals surface area contributed by atoms with Crippen LogP contribution in [0.25, 0.3) is 0 Å². The zero-order valence-corrected chi connectivity index (χ0v) is 14.6. The van der Waals surface area contributed by atoms with Crippen LogP contribution in [0.15, 0.2) is 34.7 Å². The molecule has 6 nitrogen and oxygen atoms in total. The van der Waals surface area contributed by atoms with E-state index in [4.69, 9.17) is 9.47 Å². The minimum atomic E-state index is -3.66. The molecule has 2 heterocycles. The third kappa shape index (κ3) is 3.19. The fraction of sp³-hybridized carbons (Fsp3) is 0.400. The first-order valence-electron chi connectivity index (χ1n) is 7.24. The number of nitrogens with zero attached hydrogens (tertiary/aromatic N) is 2. The Morgan fingerprint density at radius 3 is 2.87 bits per heavy atom. The summed E-state index contributed by atoms with van der Waals surface area (Å²) in [4.78, 5) is 4.39. The Hall–Kier alpha value is -1.64. The molecule has 8 heteroatoms. The highest BCUT2D eigenvalue weighted by Crippen LogP contribution is 2.37. The van der Waals surface area contributed by atoms with Crippen molar-refractivity contribution >= 4 is 21.4 Å². The van der Waals surface area contributed by atoms with Crippen molar-refractivity contribution in [2.24, 2.45) is 0 Å². The number of benzene rings is 1. The van der Waals surface area contributed by atoms with E-state index in [1.165, 1.54) is 15.6 Å². The molecule has 0 spiro atoms. The highest BCUT2D eigenvalue weighted by Gasteiger charge is 2.29. The molecule has 1 aliphatic rings. The Kier molecular flexibility index (Phi) is 4.56. The summed E-state index contributed by atoms with van der Waals surface area (Å²) in [5.74, 6) is 0.790. The van der Waals surface area contributed by atoms with Gasteiger partial charge in [-0.25, -0.2) is 17.7 Å². The molecule has 0 fully saturated rings. The second kappa shape index (κ2) is 6.46. The summed E-state index contributed by atoms with van der Waals surface area (Å²) in [7, 11) is -2.09. The first-order chi connectivity index (χ1) is 11.0. The molecule has 0 N–H and O–H groups in total. The monoisotopic (exact) mass is 354 g/mol. The fourth-order valence-corrected chi connectivity index (χ4v) is 4.55. The number of likely N-dealkylation sites (N-methyl/N-ethyl adjacent to an activating group) is 1. The Bertz CT molecular complexity index is 775. The van der Waals surface area contributed by atoms with Crippen LogP contribution in [0.2, 0.25) is 0 Å². The predicted octanol–water partition coefficient (Wildman–Crippen LogP) is 2.34. The summed E-state index contributed by atoms with van der Waals surface area (Å²) in [6, 6.07) is 4.93. The average molecular weight is 354 g/mol. The van der Waals surface area contributed by atoms with E-state index in [1.807, 2.05) is 12.3 Å². The van der Waals surface area contributed by atoms with Gasteiger partial charge in [0.15, 0.2) is 11.5 Å². The molecular formula is C15H18N2O4S2. The van der Waals surface area contributed by atoms with Crippen LogP contribution in [0.5, 0.6) is 11.5 Å². The first kappa shape index (κ1) is 16.2. The van der Waals surface area contributed by atoms with E-state index in [2.05, 4.69) is 4.98 Å². The fourth-order valence-electron chi connectivity index (χ4n) is 2.46. The molecule has 0 radical (unpaired) electrons. The Morgan fingerprint density at radius 2 is 2.13 bits per heavy atom. The molecular weight excluding hydrogens is 336 g/mol. The lowest BCUT2D eigenvalue weighted by Gasteiger charge is -2.24. The number of rotatable bonds is 5. The Balaban J connectivity index is 1.86. The molecule has 23 heavy (non-hydrogen) atoms. The number of para-hydroxylation sites is 1. The van der Waals surface area contributed by atoms with Crippen LogP contribution in [0.3, 0.4) is 0 Å². The third-order valence-electron chi connectivity index (χ3n) is 3.62. The van der Waals surface area contributed by atoms with Crippen LogP contribution in [0, 0.1) is 0 Å². The third-order valence-corrected chi connectivity index (χ3v) is 6.48. The normalized spacial score (nSPS) is 15.6. The molecule has 124 valence electrons. The highest BCUT2D eigenvalue weighted by molar-refractivity contribution is 7.89. The zero-order chi connectivity index (χ0) is 16.4. The van der Waals surface area contributed by atoms with Crippen LogP contribution in [0.1, 0.15) is 17.8 Å². The number of thiazole rings is 1. The molecule has 2 aromatic rings. The van der Waals surface area contributed by atoms with Crippen molar-refractivity contribution in [3.8, 4) is 11.5 Å². The van der Waals surface area contributed by atoms with Crippen molar-refractivity contribution < 1.29 is 17.9 Å². The highest BCUT2D eigenvalue weighted by atomic mass is 32.2. The zero-order valence-electron chi connectivity index (χ0n) is 12.9. The number of ether oxygens (including phenoxy) is 2. The minimum absolute atomic E-state index is 0.0199. The van der Waals surface area contributed by atoms with Gasteiger partial charge >= 0.3 is 0 Å². The maximum Gasteiger partial charge on any atom is 0.246 e. The van der Waals surface area contributed by atoms with Crippen molar-refractivity contribution in [2.45, 2.75) is 17.7 Å². The van der Waals surface area contributed by atoms with Crippen molar-refractivity contribution in [1.29, 1.82) is 0 Å². The van der Waals surface area contributed by atoms with E-state index in [-0.39, 0.29) is 10.8 Å². The van der Waals surface area contributed by atoms with Crippen molar-refractivity contribution in [3.05, 3.63) is 34.8 Å². The van der Waals surface area contributed by atoms with Crippen LogP contribution >= 0.6 is 11.3 Å². The summed E-state index contributed by atoms with van der Waals surface area (Å²) in [6.45, 7) is 3.08. The van der Waals surface area contributed by atoms with Gasteiger partial charge in [0.2, 0.25) is 10.0 Å². The van der Waals surface area contributed by atoms with Gasteiger partial charge in [-0.3, -0.25) is 0 Å². The summed E-state index contributed by atoms with van der Waals surface area (Å²) in [6.07, 6.45) is 1.73. The maximum absolute atomic E-state index is 12.9. The van der Waals surface area contributed by atoms with Crippen molar-refractivity contribution in [2.75, 3.05) is 26.8 Å². The lowest BCUT2D eigenvalue weighted by molar-refractivity contribution is 0.166. The summed E-state index contributed by atoms with van der Waals surface area (Å²) < 4.78 is 38.1. The largest absolute Gasteiger partial charge is 0.486 e. The Labute approximate surface area is 139 Å². The molecule has 3 rings (SSSR count). The molecule has 0 bridgehead atoms. The second-order valence-electron chi connectivity index (χ2n) is 5.34. The average Bonchev–Trinajstić information content (AvgIpc) is 3.08. The van der Waals surface area contributed by atoms with Gasteiger partial charge in [0.1, 0.15) is 18.1 Å². The topological polar surface area (TPSA) is 68.7 Å². The summed E-state index contributed by atoms with van der Waals surface area (Å²) >= 11 is 1.53. The molecule has 0 unspecified atom stereocenters. The quantitative estimate of drug-likeness (QED) is 0.824. The van der Waals surface area contributed by atoms with E-state index in [0.29, 0.717) is 31.3 Å². The molecule has 0 aliphatic carbocycles. The summed E-state index contributed by atoms with van der Waals surface area (Å²) in [5, 5.41) is 2.81. The number of hydrogen-bond acceptors (Lipinski definition) is 6. The van der Waals surface area contributed by atoms with Crippen molar-refractivity contribution in [3.63, 3.8) is 0 Å². The first-order valence-corrected chi connectivity index (χ1v) is 9.56. The molecule has 1 aromatic heterocycles. The van der Waals surface area contributed by atoms with Gasteiger partial charge in [-0.1, -0.05) is 13.0 Å². The molecule has 1 atom stereocenters. The molecule has 0 amide bonds. The van der Waals surface area contributed by atoms with Gasteiger partial charge in [-0.2, -0.15) is 0 Å². The van der Waals surface area contributed by atoms with Crippen molar-refractivity contribution in [1.82, 2.24) is 9.29 Å². The van der Waals surface area contributed by atoms with Gasteiger partial charge in [0.05, 0.1) is 5.01 Å². The lowest BCUT2D eigenvalue weighted by atomic mass is 10.2. The number of aromatic nitrogens is 1. The maximum atomic E-state index is 12.9. The summed E-state index contributed by atoms with van der Waals surface area (Å²) in [5.41, 5.74) is 0. The van der Waals surface area contributed by atoms with Crippen LogP contribution in [-0.4, -0.2) is 44.5 Å². The van der Waals surface area contributed by atoms with Gasteiger partial charge in [-0.05, 0) is 12.1 Å². The van der Waals surface area contributed by atoms with Gasteiger partial charge in [0.25, 0.3) is 0 Å².